The Morgan fingerprint density at radius 3 is 2.58 bits per heavy atom. The Morgan fingerprint density at radius 2 is 2.00 bits per heavy atom. The minimum atomic E-state index is -1.25. The molecule has 104 valence electrons. The van der Waals surface area contributed by atoms with Gasteiger partial charge in [-0.2, -0.15) is 0 Å². The van der Waals surface area contributed by atoms with Gasteiger partial charge in [0.25, 0.3) is 5.91 Å². The number of esters is 1. The number of aliphatic hydroxyl groups excluding tert-OH is 1. The van der Waals surface area contributed by atoms with Crippen LogP contribution in [-0.4, -0.2) is 29.7 Å². The largest absolute Gasteiger partial charge is 0.466 e. The number of aliphatic hydroxyl groups is 1. The van der Waals surface area contributed by atoms with Gasteiger partial charge < -0.3 is 15.2 Å². The summed E-state index contributed by atoms with van der Waals surface area (Å²) in [5.74, 6) is -0.993. The third kappa shape index (κ3) is 5.72. The zero-order valence-electron chi connectivity index (χ0n) is 10.6. The molecule has 19 heavy (non-hydrogen) atoms. The molecule has 1 atom stereocenters. The lowest BCUT2D eigenvalue weighted by Crippen LogP contribution is -2.28. The molecule has 1 rings (SSSR count). The summed E-state index contributed by atoms with van der Waals surface area (Å²) >= 11 is 5.71. The topological polar surface area (TPSA) is 75.6 Å². The van der Waals surface area contributed by atoms with Crippen molar-refractivity contribution in [1.82, 2.24) is 0 Å². The molecule has 6 heteroatoms. The zero-order valence-corrected chi connectivity index (χ0v) is 11.3. The second-order valence-corrected chi connectivity index (χ2v) is 4.29. The lowest BCUT2D eigenvalue weighted by molar-refractivity contribution is -0.144. The molecule has 0 aliphatic heterocycles. The lowest BCUT2D eigenvalue weighted by atomic mass is 10.2. The Balaban J connectivity index is 2.40. The third-order valence-electron chi connectivity index (χ3n) is 2.34. The first-order chi connectivity index (χ1) is 9.02. The van der Waals surface area contributed by atoms with Gasteiger partial charge in [-0.3, -0.25) is 9.59 Å². The third-order valence-corrected chi connectivity index (χ3v) is 2.59. The van der Waals surface area contributed by atoms with E-state index in [0.717, 1.165) is 0 Å². The van der Waals surface area contributed by atoms with E-state index < -0.39 is 18.0 Å². The summed E-state index contributed by atoms with van der Waals surface area (Å²) < 4.78 is 4.71. The van der Waals surface area contributed by atoms with Crippen LogP contribution in [0.25, 0.3) is 0 Å². The summed E-state index contributed by atoms with van der Waals surface area (Å²) in [5.41, 5.74) is 0.532. The first-order valence-electron chi connectivity index (χ1n) is 5.93. The van der Waals surface area contributed by atoms with Crippen LogP contribution in [0.2, 0.25) is 5.02 Å². The fourth-order valence-electron chi connectivity index (χ4n) is 1.38. The van der Waals surface area contributed by atoms with Gasteiger partial charge in [-0.1, -0.05) is 11.6 Å². The highest BCUT2D eigenvalue weighted by molar-refractivity contribution is 6.30. The molecule has 1 aromatic carbocycles. The van der Waals surface area contributed by atoms with Crippen molar-refractivity contribution in [3.8, 4) is 0 Å². The van der Waals surface area contributed by atoms with Crippen molar-refractivity contribution in [2.45, 2.75) is 25.9 Å². The minimum absolute atomic E-state index is 0.00302. The van der Waals surface area contributed by atoms with E-state index in [1.54, 1.807) is 31.2 Å². The highest BCUT2D eigenvalue weighted by Crippen LogP contribution is 2.14. The van der Waals surface area contributed by atoms with Gasteiger partial charge in [-0.25, -0.2) is 0 Å². The van der Waals surface area contributed by atoms with E-state index in [4.69, 9.17) is 16.3 Å². The predicted molar refractivity (Wildman–Crippen MR) is 72.0 cm³/mol. The second kappa shape index (κ2) is 7.76. The van der Waals surface area contributed by atoms with Gasteiger partial charge in [-0.05, 0) is 37.6 Å². The van der Waals surface area contributed by atoms with Gasteiger partial charge in [0.15, 0.2) is 0 Å². The average molecular weight is 286 g/mol. The fourth-order valence-corrected chi connectivity index (χ4v) is 1.50. The van der Waals surface area contributed by atoms with Crippen LogP contribution in [-0.2, 0) is 14.3 Å². The zero-order chi connectivity index (χ0) is 14.3. The van der Waals surface area contributed by atoms with E-state index in [2.05, 4.69) is 5.32 Å². The molecule has 0 saturated carbocycles. The SMILES string of the molecule is CCOC(=O)CC[C@@H](O)C(=O)Nc1ccc(Cl)cc1. The first kappa shape index (κ1) is 15.5. The number of carbonyl (C=O) groups is 2. The maximum absolute atomic E-state index is 11.6. The molecular weight excluding hydrogens is 270 g/mol. The van der Waals surface area contributed by atoms with Crippen LogP contribution in [0.1, 0.15) is 19.8 Å². The Bertz CT molecular complexity index is 433. The van der Waals surface area contributed by atoms with E-state index in [1.807, 2.05) is 0 Å². The van der Waals surface area contributed by atoms with Gasteiger partial charge in [0, 0.05) is 17.1 Å². The molecule has 0 spiro atoms. The molecule has 0 aliphatic rings. The standard InChI is InChI=1S/C13H16ClNO4/c1-2-19-12(17)8-7-11(16)13(18)15-10-5-3-9(14)4-6-10/h3-6,11,16H,2,7-8H2,1H3,(H,15,18)/t11-/m1/s1. The van der Waals surface area contributed by atoms with Crippen LogP contribution in [0.15, 0.2) is 24.3 Å². The highest BCUT2D eigenvalue weighted by atomic mass is 35.5. The van der Waals surface area contributed by atoms with Crippen LogP contribution >= 0.6 is 11.6 Å². The number of rotatable bonds is 6. The fraction of sp³-hybridized carbons (Fsp3) is 0.385. The molecule has 1 aromatic rings. The van der Waals surface area contributed by atoms with Crippen molar-refractivity contribution in [2.75, 3.05) is 11.9 Å². The number of ether oxygens (including phenoxy) is 1. The number of halogens is 1. The van der Waals surface area contributed by atoms with Crippen molar-refractivity contribution >= 4 is 29.2 Å². The number of amides is 1. The second-order valence-electron chi connectivity index (χ2n) is 3.86. The van der Waals surface area contributed by atoms with E-state index in [9.17, 15) is 14.7 Å². The van der Waals surface area contributed by atoms with E-state index in [0.29, 0.717) is 10.7 Å². The molecule has 2 N–H and O–H groups in total. The van der Waals surface area contributed by atoms with E-state index in [-0.39, 0.29) is 19.4 Å². The minimum Gasteiger partial charge on any atom is -0.466 e. The molecule has 0 heterocycles. The summed E-state index contributed by atoms with van der Waals surface area (Å²) in [6.07, 6.45) is -1.22. The van der Waals surface area contributed by atoms with Gasteiger partial charge in [0.1, 0.15) is 6.10 Å². The molecule has 0 saturated heterocycles. The van der Waals surface area contributed by atoms with E-state index in [1.165, 1.54) is 0 Å². The van der Waals surface area contributed by atoms with Crippen LogP contribution < -0.4 is 5.32 Å². The number of carbonyl (C=O) groups excluding carboxylic acids is 2. The van der Waals surface area contributed by atoms with Crippen LogP contribution in [0.3, 0.4) is 0 Å². The first-order valence-corrected chi connectivity index (χ1v) is 6.31. The molecule has 1 amide bonds. The smallest absolute Gasteiger partial charge is 0.305 e. The van der Waals surface area contributed by atoms with Gasteiger partial charge in [-0.15, -0.1) is 0 Å². The van der Waals surface area contributed by atoms with Gasteiger partial charge in [0.2, 0.25) is 0 Å². The number of hydrogen-bond donors (Lipinski definition) is 2. The lowest BCUT2D eigenvalue weighted by Gasteiger charge is -2.11. The Kier molecular flexibility index (Phi) is 6.32. The summed E-state index contributed by atoms with van der Waals surface area (Å²) in [6.45, 7) is 1.98. The maximum atomic E-state index is 11.6. The van der Waals surface area contributed by atoms with Crippen molar-refractivity contribution < 1.29 is 19.4 Å². The molecule has 5 nitrogen and oxygen atoms in total. The monoisotopic (exact) mass is 285 g/mol. The van der Waals surface area contributed by atoms with Crippen molar-refractivity contribution in [3.05, 3.63) is 29.3 Å². The Morgan fingerprint density at radius 1 is 1.37 bits per heavy atom. The summed E-state index contributed by atoms with van der Waals surface area (Å²) in [7, 11) is 0. The summed E-state index contributed by atoms with van der Waals surface area (Å²) in [6, 6.07) is 6.50. The molecular formula is C13H16ClNO4. The number of hydrogen-bond acceptors (Lipinski definition) is 4. The molecule has 0 aliphatic carbocycles. The molecule has 0 aromatic heterocycles. The van der Waals surface area contributed by atoms with Crippen molar-refractivity contribution in [3.63, 3.8) is 0 Å². The molecule has 0 unspecified atom stereocenters. The molecule has 0 fully saturated rings. The maximum Gasteiger partial charge on any atom is 0.305 e. The Labute approximate surface area is 116 Å². The molecule has 0 radical (unpaired) electrons. The summed E-state index contributed by atoms with van der Waals surface area (Å²) in [4.78, 5) is 22.7. The number of anilines is 1. The number of benzene rings is 1. The normalized spacial score (nSPS) is 11.7. The van der Waals surface area contributed by atoms with Crippen LogP contribution in [0, 0.1) is 0 Å². The molecule has 0 bridgehead atoms. The van der Waals surface area contributed by atoms with Gasteiger partial charge in [0.05, 0.1) is 6.61 Å². The van der Waals surface area contributed by atoms with Crippen LogP contribution in [0.4, 0.5) is 5.69 Å². The average Bonchev–Trinajstić information content (AvgIpc) is 2.39. The Hall–Kier alpha value is -1.59. The summed E-state index contributed by atoms with van der Waals surface area (Å²) in [5, 5.41) is 12.7. The predicted octanol–water partition coefficient (Wildman–Crippen LogP) is 1.98. The van der Waals surface area contributed by atoms with Crippen molar-refractivity contribution in [1.29, 1.82) is 0 Å². The van der Waals surface area contributed by atoms with Crippen LogP contribution in [0.5, 0.6) is 0 Å². The van der Waals surface area contributed by atoms with E-state index >= 15 is 0 Å². The quantitative estimate of drug-likeness (QED) is 0.784. The van der Waals surface area contributed by atoms with Crippen molar-refractivity contribution in [2.24, 2.45) is 0 Å². The highest BCUT2D eigenvalue weighted by Gasteiger charge is 2.17. The van der Waals surface area contributed by atoms with Gasteiger partial charge >= 0.3 is 5.97 Å². The number of nitrogens with one attached hydrogen (secondary N) is 1.